The average Bonchev–Trinajstić information content (AvgIpc) is 2.44. The number of halogens is 1. The molecule has 1 aromatic carbocycles. The molecule has 2 rings (SSSR count). The minimum absolute atomic E-state index is 0.111. The van der Waals surface area contributed by atoms with Gasteiger partial charge in [-0.1, -0.05) is 35.0 Å². The van der Waals surface area contributed by atoms with Gasteiger partial charge in [0.15, 0.2) is 0 Å². The molecule has 0 spiro atoms. The van der Waals surface area contributed by atoms with E-state index >= 15 is 0 Å². The summed E-state index contributed by atoms with van der Waals surface area (Å²) in [4.78, 5) is 25.0. The van der Waals surface area contributed by atoms with Gasteiger partial charge in [0.1, 0.15) is 0 Å². The van der Waals surface area contributed by atoms with Gasteiger partial charge in [-0.25, -0.2) is 0 Å². The SMILES string of the molecule is CC(Br)CN1C(=O)c2ccccc2C1=O. The number of benzene rings is 1. The van der Waals surface area contributed by atoms with Crippen LogP contribution in [0.5, 0.6) is 0 Å². The van der Waals surface area contributed by atoms with E-state index in [2.05, 4.69) is 15.9 Å². The fraction of sp³-hybridized carbons (Fsp3) is 0.273. The Labute approximate surface area is 96.2 Å². The van der Waals surface area contributed by atoms with Gasteiger partial charge in [-0.15, -0.1) is 0 Å². The third kappa shape index (κ3) is 1.69. The summed E-state index contributed by atoms with van der Waals surface area (Å²) in [5.41, 5.74) is 1.02. The van der Waals surface area contributed by atoms with Crippen LogP contribution in [0, 0.1) is 0 Å². The highest BCUT2D eigenvalue weighted by molar-refractivity contribution is 9.09. The molecule has 1 aliphatic rings. The standard InChI is InChI=1S/C11H10BrNO2/c1-7(12)6-13-10(14)8-4-2-3-5-9(8)11(13)15/h2-5,7H,6H2,1H3. The lowest BCUT2D eigenvalue weighted by molar-refractivity contribution is 0.0657. The maximum atomic E-state index is 11.8. The molecule has 1 aliphatic heterocycles. The van der Waals surface area contributed by atoms with Gasteiger partial charge in [0.2, 0.25) is 0 Å². The molecule has 1 heterocycles. The summed E-state index contributed by atoms with van der Waals surface area (Å²) >= 11 is 3.34. The van der Waals surface area contributed by atoms with Crippen molar-refractivity contribution in [2.24, 2.45) is 0 Å². The Bertz CT molecular complexity index is 393. The molecule has 0 saturated heterocycles. The van der Waals surface area contributed by atoms with Gasteiger partial charge < -0.3 is 0 Å². The number of carbonyl (C=O) groups excluding carboxylic acids is 2. The Balaban J connectivity index is 2.37. The molecule has 78 valence electrons. The average molecular weight is 268 g/mol. The molecule has 0 radical (unpaired) electrons. The van der Waals surface area contributed by atoms with Crippen LogP contribution in [-0.4, -0.2) is 28.1 Å². The molecule has 0 fully saturated rings. The molecule has 2 amide bonds. The lowest BCUT2D eigenvalue weighted by Gasteiger charge is -2.14. The Hall–Kier alpha value is -1.16. The van der Waals surface area contributed by atoms with Crippen molar-refractivity contribution >= 4 is 27.7 Å². The number of imide groups is 1. The van der Waals surface area contributed by atoms with Crippen LogP contribution in [0.2, 0.25) is 0 Å². The van der Waals surface area contributed by atoms with Crippen LogP contribution in [0.25, 0.3) is 0 Å². The Morgan fingerprint density at radius 2 is 1.67 bits per heavy atom. The maximum absolute atomic E-state index is 11.8. The van der Waals surface area contributed by atoms with E-state index in [1.165, 1.54) is 4.90 Å². The van der Waals surface area contributed by atoms with Crippen LogP contribution in [0.15, 0.2) is 24.3 Å². The van der Waals surface area contributed by atoms with Crippen molar-refractivity contribution in [1.29, 1.82) is 0 Å². The van der Waals surface area contributed by atoms with Crippen molar-refractivity contribution in [3.63, 3.8) is 0 Å². The smallest absolute Gasteiger partial charge is 0.261 e. The van der Waals surface area contributed by atoms with Crippen LogP contribution in [0.1, 0.15) is 27.6 Å². The van der Waals surface area contributed by atoms with Crippen LogP contribution >= 0.6 is 15.9 Å². The van der Waals surface area contributed by atoms with E-state index in [0.717, 1.165) is 0 Å². The monoisotopic (exact) mass is 267 g/mol. The molecule has 15 heavy (non-hydrogen) atoms. The predicted molar refractivity (Wildman–Crippen MR) is 60.2 cm³/mol. The highest BCUT2D eigenvalue weighted by atomic mass is 79.9. The molecule has 0 bridgehead atoms. The Kier molecular flexibility index (Phi) is 2.61. The fourth-order valence-electron chi connectivity index (χ4n) is 1.66. The number of carbonyl (C=O) groups is 2. The number of alkyl halides is 1. The van der Waals surface area contributed by atoms with Gasteiger partial charge >= 0.3 is 0 Å². The fourth-order valence-corrected chi connectivity index (χ4v) is 1.95. The quantitative estimate of drug-likeness (QED) is 0.608. The van der Waals surface area contributed by atoms with Crippen LogP contribution in [0.4, 0.5) is 0 Å². The molecular weight excluding hydrogens is 258 g/mol. The van der Waals surface area contributed by atoms with Gasteiger partial charge in [-0.05, 0) is 12.1 Å². The Morgan fingerprint density at radius 3 is 2.07 bits per heavy atom. The number of amides is 2. The van der Waals surface area contributed by atoms with Crippen molar-refractivity contribution in [1.82, 2.24) is 4.90 Å². The van der Waals surface area contributed by atoms with Crippen molar-refractivity contribution in [3.05, 3.63) is 35.4 Å². The van der Waals surface area contributed by atoms with E-state index in [0.29, 0.717) is 17.7 Å². The van der Waals surface area contributed by atoms with Crippen molar-refractivity contribution < 1.29 is 9.59 Å². The first-order valence-corrected chi connectivity index (χ1v) is 5.62. The molecule has 4 heteroatoms. The second kappa shape index (κ2) is 3.77. The summed E-state index contributed by atoms with van der Waals surface area (Å²) in [5, 5.41) is 0. The molecule has 1 atom stereocenters. The molecule has 0 saturated carbocycles. The van der Waals surface area contributed by atoms with Gasteiger partial charge in [-0.2, -0.15) is 0 Å². The molecule has 0 aliphatic carbocycles. The van der Waals surface area contributed by atoms with E-state index in [4.69, 9.17) is 0 Å². The van der Waals surface area contributed by atoms with E-state index in [1.54, 1.807) is 24.3 Å². The lowest BCUT2D eigenvalue weighted by atomic mass is 10.1. The second-order valence-corrected chi connectivity index (χ2v) is 5.11. The largest absolute Gasteiger partial charge is 0.273 e. The first-order chi connectivity index (χ1) is 7.11. The minimum Gasteiger partial charge on any atom is -0.273 e. The zero-order chi connectivity index (χ0) is 11.0. The summed E-state index contributed by atoms with van der Waals surface area (Å²) in [6.07, 6.45) is 0. The summed E-state index contributed by atoms with van der Waals surface area (Å²) < 4.78 is 0. The highest BCUT2D eigenvalue weighted by Gasteiger charge is 2.35. The molecule has 0 aromatic heterocycles. The molecule has 0 N–H and O–H groups in total. The van der Waals surface area contributed by atoms with Gasteiger partial charge in [0, 0.05) is 11.4 Å². The lowest BCUT2D eigenvalue weighted by Crippen LogP contribution is -2.33. The number of rotatable bonds is 2. The molecule has 1 aromatic rings. The van der Waals surface area contributed by atoms with Crippen LogP contribution in [0.3, 0.4) is 0 Å². The highest BCUT2D eigenvalue weighted by Crippen LogP contribution is 2.23. The van der Waals surface area contributed by atoms with Gasteiger partial charge in [0.25, 0.3) is 11.8 Å². The van der Waals surface area contributed by atoms with Crippen molar-refractivity contribution in [2.75, 3.05) is 6.54 Å². The van der Waals surface area contributed by atoms with Gasteiger partial charge in [-0.3, -0.25) is 14.5 Å². The molecular formula is C11H10BrNO2. The number of hydrogen-bond acceptors (Lipinski definition) is 2. The molecule has 3 nitrogen and oxygen atoms in total. The second-order valence-electron chi connectivity index (χ2n) is 3.55. The van der Waals surface area contributed by atoms with E-state index in [-0.39, 0.29) is 16.6 Å². The Morgan fingerprint density at radius 1 is 1.20 bits per heavy atom. The third-order valence-corrected chi connectivity index (χ3v) is 2.60. The predicted octanol–water partition coefficient (Wildman–Crippen LogP) is 2.07. The molecule has 1 unspecified atom stereocenters. The van der Waals surface area contributed by atoms with E-state index < -0.39 is 0 Å². The zero-order valence-corrected chi connectivity index (χ0v) is 9.82. The van der Waals surface area contributed by atoms with Crippen molar-refractivity contribution in [3.8, 4) is 0 Å². The first kappa shape index (κ1) is 10.4. The topological polar surface area (TPSA) is 37.4 Å². The maximum Gasteiger partial charge on any atom is 0.261 e. The number of nitrogens with zero attached hydrogens (tertiary/aromatic N) is 1. The summed E-state index contributed by atoms with van der Waals surface area (Å²) in [5.74, 6) is -0.385. The zero-order valence-electron chi connectivity index (χ0n) is 8.24. The summed E-state index contributed by atoms with van der Waals surface area (Å²) in [7, 11) is 0. The van der Waals surface area contributed by atoms with Gasteiger partial charge in [0.05, 0.1) is 11.1 Å². The summed E-state index contributed by atoms with van der Waals surface area (Å²) in [6.45, 7) is 2.32. The first-order valence-electron chi connectivity index (χ1n) is 4.70. The number of hydrogen-bond donors (Lipinski definition) is 0. The normalized spacial score (nSPS) is 16.8. The van der Waals surface area contributed by atoms with E-state index in [1.807, 2.05) is 6.92 Å². The minimum atomic E-state index is -0.193. The van der Waals surface area contributed by atoms with Crippen LogP contribution in [-0.2, 0) is 0 Å². The summed E-state index contributed by atoms with van der Waals surface area (Å²) in [6, 6.07) is 6.92. The number of fused-ring (bicyclic) bond motifs is 1. The van der Waals surface area contributed by atoms with Crippen molar-refractivity contribution in [2.45, 2.75) is 11.8 Å². The third-order valence-electron chi connectivity index (χ3n) is 2.31. The van der Waals surface area contributed by atoms with Crippen LogP contribution < -0.4 is 0 Å². The van der Waals surface area contributed by atoms with E-state index in [9.17, 15) is 9.59 Å².